The van der Waals surface area contributed by atoms with Crippen molar-refractivity contribution < 1.29 is 17.7 Å². The second-order valence-electron chi connectivity index (χ2n) is 8.14. The quantitative estimate of drug-likeness (QED) is 0.276. The van der Waals surface area contributed by atoms with Gasteiger partial charge in [-0.1, -0.05) is 6.92 Å². The molecule has 0 saturated heterocycles. The fourth-order valence-electron chi connectivity index (χ4n) is 3.04. The Labute approximate surface area is 154 Å². The Kier molecular flexibility index (Phi) is 12.2. The Bertz CT molecular complexity index is 323. The van der Waals surface area contributed by atoms with Gasteiger partial charge in [0.25, 0.3) is 0 Å². The highest BCUT2D eigenvalue weighted by Crippen LogP contribution is 2.26. The smallest absolute Gasteiger partial charge is 0.311 e. The third kappa shape index (κ3) is 13.7. The topological polar surface area (TPSA) is 36.9 Å². The van der Waals surface area contributed by atoms with E-state index in [1.807, 2.05) is 6.92 Å². The van der Waals surface area contributed by atoms with Crippen LogP contribution in [0, 0.1) is 0 Å². The molecule has 0 radical (unpaired) electrons. The maximum Gasteiger partial charge on any atom is 0.311 e. The van der Waals surface area contributed by atoms with Gasteiger partial charge in [-0.05, 0) is 77.6 Å². The summed E-state index contributed by atoms with van der Waals surface area (Å²) in [5, 5.41) is 0. The monoisotopic (exact) mass is 394 g/mol. The molecule has 0 aliphatic carbocycles. The maximum atomic E-state index is 6.60. The van der Waals surface area contributed by atoms with E-state index in [4.69, 9.17) is 17.7 Å². The van der Waals surface area contributed by atoms with Crippen LogP contribution in [-0.2, 0) is 17.7 Å². The van der Waals surface area contributed by atoms with Crippen molar-refractivity contribution in [3.05, 3.63) is 0 Å². The molecule has 0 atom stereocenters. The van der Waals surface area contributed by atoms with E-state index in [0.29, 0.717) is 0 Å². The fourth-order valence-corrected chi connectivity index (χ4v) is 17.0. The second kappa shape index (κ2) is 12.0. The van der Waals surface area contributed by atoms with E-state index in [-0.39, 0.29) is 0 Å². The Hall–Kier alpha value is 0.491. The molecule has 0 aromatic carbocycles. The zero-order valence-electron chi connectivity index (χ0n) is 17.5. The first-order valence-electron chi connectivity index (χ1n) is 9.59. The highest BCUT2D eigenvalue weighted by Gasteiger charge is 2.39. The van der Waals surface area contributed by atoms with Gasteiger partial charge in [0, 0.05) is 26.4 Å². The van der Waals surface area contributed by atoms with Crippen LogP contribution in [0.5, 0.6) is 0 Å². The molecule has 0 bridgehead atoms. The summed E-state index contributed by atoms with van der Waals surface area (Å²) in [6.07, 6.45) is 3.28. The molecule has 0 aromatic heterocycles. The molecule has 0 aliphatic rings. The lowest BCUT2D eigenvalue weighted by Crippen LogP contribution is -2.52. The zero-order chi connectivity index (χ0) is 18.7. The predicted octanol–water partition coefficient (Wildman–Crippen LogP) is 5.37. The third-order valence-corrected chi connectivity index (χ3v) is 15.2. The van der Waals surface area contributed by atoms with Gasteiger partial charge in [0.1, 0.15) is 0 Å². The average Bonchev–Trinajstić information content (AvgIpc) is 2.40. The number of hydrogen-bond donors (Lipinski definition) is 0. The normalized spacial score (nSPS) is 13.5. The minimum Gasteiger partial charge on any atom is -0.437 e. The van der Waals surface area contributed by atoms with Crippen molar-refractivity contribution in [3.8, 4) is 0 Å². The van der Waals surface area contributed by atoms with Gasteiger partial charge < -0.3 is 17.7 Å². The van der Waals surface area contributed by atoms with E-state index in [1.54, 1.807) is 0 Å². The van der Waals surface area contributed by atoms with E-state index in [0.717, 1.165) is 57.8 Å². The molecule has 0 unspecified atom stereocenters. The molecular formula is C17H42O4Si3. The van der Waals surface area contributed by atoms with Gasteiger partial charge in [0.05, 0.1) is 0 Å². The second-order valence-corrected chi connectivity index (χ2v) is 20.6. The SMILES string of the molecule is CCCOCCC[Si](C)(C)O[Si](C)(C)O[Si](C)(C)CCCOCC. The molecule has 0 N–H and O–H groups in total. The van der Waals surface area contributed by atoms with Gasteiger partial charge in [-0.2, -0.15) is 0 Å². The van der Waals surface area contributed by atoms with Gasteiger partial charge in [0.2, 0.25) is 0 Å². The number of rotatable bonds is 15. The summed E-state index contributed by atoms with van der Waals surface area (Å²) in [6, 6.07) is 2.28. The lowest BCUT2D eigenvalue weighted by atomic mass is 10.5. The van der Waals surface area contributed by atoms with Crippen molar-refractivity contribution in [3.63, 3.8) is 0 Å². The first-order valence-corrected chi connectivity index (χ1v) is 18.6. The molecule has 0 saturated carbocycles. The molecule has 0 fully saturated rings. The fraction of sp³-hybridized carbons (Fsp3) is 1.00. The number of hydrogen-bond acceptors (Lipinski definition) is 4. The summed E-state index contributed by atoms with van der Waals surface area (Å²) in [6.45, 7) is 21.2. The summed E-state index contributed by atoms with van der Waals surface area (Å²) < 4.78 is 24.2. The van der Waals surface area contributed by atoms with Gasteiger partial charge in [0.15, 0.2) is 16.6 Å². The van der Waals surface area contributed by atoms with Crippen LogP contribution in [0.15, 0.2) is 0 Å². The molecule has 0 amide bonds. The van der Waals surface area contributed by atoms with Crippen molar-refractivity contribution in [2.75, 3.05) is 26.4 Å². The Balaban J connectivity index is 4.27. The van der Waals surface area contributed by atoms with Crippen molar-refractivity contribution >= 4 is 25.2 Å². The lowest BCUT2D eigenvalue weighted by Gasteiger charge is -2.38. The van der Waals surface area contributed by atoms with Gasteiger partial charge in [-0.25, -0.2) is 0 Å². The molecule has 0 spiro atoms. The van der Waals surface area contributed by atoms with Crippen LogP contribution in [0.25, 0.3) is 0 Å². The van der Waals surface area contributed by atoms with Crippen molar-refractivity contribution in [2.24, 2.45) is 0 Å². The van der Waals surface area contributed by atoms with Crippen LogP contribution in [0.2, 0.25) is 51.4 Å². The van der Waals surface area contributed by atoms with Crippen LogP contribution in [-0.4, -0.2) is 51.6 Å². The molecule has 24 heavy (non-hydrogen) atoms. The van der Waals surface area contributed by atoms with Crippen LogP contribution < -0.4 is 0 Å². The van der Waals surface area contributed by atoms with E-state index < -0.39 is 25.2 Å². The summed E-state index contributed by atoms with van der Waals surface area (Å²) >= 11 is 0. The maximum absolute atomic E-state index is 6.60. The highest BCUT2D eigenvalue weighted by atomic mass is 28.5. The summed E-state index contributed by atoms with van der Waals surface area (Å²) in [7, 11) is -5.45. The predicted molar refractivity (Wildman–Crippen MR) is 111 cm³/mol. The van der Waals surface area contributed by atoms with E-state index in [1.165, 1.54) is 0 Å². The van der Waals surface area contributed by atoms with E-state index in [9.17, 15) is 0 Å². The molecule has 0 rings (SSSR count). The van der Waals surface area contributed by atoms with Gasteiger partial charge in [-0.15, -0.1) is 0 Å². The largest absolute Gasteiger partial charge is 0.437 e. The third-order valence-electron chi connectivity index (χ3n) is 3.73. The Morgan fingerprint density at radius 2 is 1.08 bits per heavy atom. The van der Waals surface area contributed by atoms with Crippen molar-refractivity contribution in [1.29, 1.82) is 0 Å². The Morgan fingerprint density at radius 3 is 1.50 bits per heavy atom. The Morgan fingerprint density at radius 1 is 0.625 bits per heavy atom. The van der Waals surface area contributed by atoms with E-state index >= 15 is 0 Å². The van der Waals surface area contributed by atoms with E-state index in [2.05, 4.69) is 46.2 Å². The van der Waals surface area contributed by atoms with Crippen molar-refractivity contribution in [2.45, 2.75) is 84.5 Å². The summed E-state index contributed by atoms with van der Waals surface area (Å²) in [4.78, 5) is 0. The first kappa shape index (κ1) is 24.5. The highest BCUT2D eigenvalue weighted by molar-refractivity contribution is 6.87. The van der Waals surface area contributed by atoms with Gasteiger partial charge >= 0.3 is 8.56 Å². The summed E-state index contributed by atoms with van der Waals surface area (Å²) in [5.74, 6) is 0. The molecule has 0 aromatic rings. The molecule has 7 heteroatoms. The van der Waals surface area contributed by atoms with Gasteiger partial charge in [-0.3, -0.25) is 0 Å². The lowest BCUT2D eigenvalue weighted by molar-refractivity contribution is 0.134. The molecular weight excluding hydrogens is 352 g/mol. The zero-order valence-corrected chi connectivity index (χ0v) is 20.5. The molecule has 146 valence electrons. The van der Waals surface area contributed by atoms with Crippen molar-refractivity contribution in [1.82, 2.24) is 0 Å². The van der Waals surface area contributed by atoms with Crippen LogP contribution in [0.3, 0.4) is 0 Å². The van der Waals surface area contributed by atoms with Crippen LogP contribution in [0.4, 0.5) is 0 Å². The minimum absolute atomic E-state index is 0.800. The number of ether oxygens (including phenoxy) is 2. The average molecular weight is 395 g/mol. The first-order chi connectivity index (χ1) is 11.0. The molecule has 4 nitrogen and oxygen atoms in total. The van der Waals surface area contributed by atoms with Crippen LogP contribution in [0.1, 0.15) is 33.1 Å². The standard InChI is InChI=1S/C17H42O4Si3/c1-9-13-19-15-12-17-23(5,6)21-24(7,8)20-22(3,4)16-11-14-18-10-2/h9-17H2,1-8H3. The summed E-state index contributed by atoms with van der Waals surface area (Å²) in [5.41, 5.74) is 0. The molecule has 0 heterocycles. The van der Waals surface area contributed by atoms with Crippen LogP contribution >= 0.6 is 0 Å². The molecule has 0 aliphatic heterocycles. The minimum atomic E-state index is -2.08.